The smallest absolute Gasteiger partial charge is 0.252 e. The normalized spacial score (nSPS) is 11.1. The van der Waals surface area contributed by atoms with Gasteiger partial charge in [0.25, 0.3) is 5.91 Å². The number of amides is 2. The molecule has 0 unspecified atom stereocenters. The minimum absolute atomic E-state index is 0.0145. The van der Waals surface area contributed by atoms with Crippen LogP contribution in [0.4, 0.5) is 0 Å². The third-order valence-corrected chi connectivity index (χ3v) is 5.11. The third kappa shape index (κ3) is 8.14. The highest BCUT2D eigenvalue weighted by Crippen LogP contribution is 2.31. The molecule has 0 spiro atoms. The lowest BCUT2D eigenvalue weighted by atomic mass is 9.87. The maximum absolute atomic E-state index is 11.9. The van der Waals surface area contributed by atoms with Gasteiger partial charge in [-0.1, -0.05) is 26.8 Å². The first-order chi connectivity index (χ1) is 14.3. The number of pyridine rings is 1. The third-order valence-electron chi connectivity index (χ3n) is 4.49. The van der Waals surface area contributed by atoms with E-state index in [1.165, 1.54) is 11.8 Å². The highest BCUT2D eigenvalue weighted by molar-refractivity contribution is 9.10. The summed E-state index contributed by atoms with van der Waals surface area (Å²) in [5.41, 5.74) is 1.85. The van der Waals surface area contributed by atoms with Crippen LogP contribution >= 0.6 is 15.9 Å². The number of rotatable bonds is 10. The molecule has 2 amide bonds. The zero-order valence-electron chi connectivity index (χ0n) is 17.8. The summed E-state index contributed by atoms with van der Waals surface area (Å²) in [5.74, 6) is 0.611. The minimum atomic E-state index is -0.159. The van der Waals surface area contributed by atoms with Crippen LogP contribution in [0.1, 0.15) is 56.0 Å². The van der Waals surface area contributed by atoms with E-state index in [2.05, 4.69) is 64.5 Å². The standard InChI is InChI=1S/C23H30BrN3O3/c1-23(2,3)18-9-10-20(19(24)15-18)30-14-5-8-21(28)26-12-6-13-27-22(29)17-7-4-11-25-16-17/h4,7,9-11,15-16H,5-6,8,12-14H2,1-3H3,(H,26,28)(H,27,29). The van der Waals surface area contributed by atoms with Crippen molar-refractivity contribution in [3.63, 3.8) is 0 Å². The van der Waals surface area contributed by atoms with Crippen molar-refractivity contribution in [1.82, 2.24) is 15.6 Å². The maximum Gasteiger partial charge on any atom is 0.252 e. The van der Waals surface area contributed by atoms with Gasteiger partial charge < -0.3 is 15.4 Å². The molecule has 0 bridgehead atoms. The second kappa shape index (κ2) is 11.7. The number of hydrogen-bond donors (Lipinski definition) is 2. The molecular formula is C23H30BrN3O3. The van der Waals surface area contributed by atoms with E-state index in [9.17, 15) is 9.59 Å². The van der Waals surface area contributed by atoms with Crippen LogP contribution in [-0.4, -0.2) is 36.5 Å². The molecule has 0 aliphatic rings. The summed E-state index contributed by atoms with van der Waals surface area (Å²) < 4.78 is 6.71. The highest BCUT2D eigenvalue weighted by atomic mass is 79.9. The van der Waals surface area contributed by atoms with Gasteiger partial charge in [0, 0.05) is 31.9 Å². The number of hydrogen-bond acceptors (Lipinski definition) is 4. The molecule has 0 saturated heterocycles. The van der Waals surface area contributed by atoms with E-state index in [-0.39, 0.29) is 17.2 Å². The van der Waals surface area contributed by atoms with Gasteiger partial charge in [0.2, 0.25) is 5.91 Å². The summed E-state index contributed by atoms with van der Waals surface area (Å²) in [7, 11) is 0. The molecule has 0 saturated carbocycles. The fraction of sp³-hybridized carbons (Fsp3) is 0.435. The van der Waals surface area contributed by atoms with Crippen molar-refractivity contribution in [3.8, 4) is 5.75 Å². The molecule has 2 rings (SSSR count). The van der Waals surface area contributed by atoms with Crippen LogP contribution in [0.2, 0.25) is 0 Å². The number of nitrogens with one attached hydrogen (secondary N) is 2. The van der Waals surface area contributed by atoms with Crippen molar-refractivity contribution in [2.75, 3.05) is 19.7 Å². The molecular weight excluding hydrogens is 446 g/mol. The van der Waals surface area contributed by atoms with Gasteiger partial charge in [0.1, 0.15) is 5.75 Å². The molecule has 0 aliphatic heterocycles. The second-order valence-electron chi connectivity index (χ2n) is 8.05. The maximum atomic E-state index is 11.9. The Morgan fingerprint density at radius 1 is 1.10 bits per heavy atom. The van der Waals surface area contributed by atoms with Gasteiger partial charge >= 0.3 is 0 Å². The monoisotopic (exact) mass is 475 g/mol. The molecule has 1 aromatic carbocycles. The average molecular weight is 476 g/mol. The Morgan fingerprint density at radius 2 is 1.87 bits per heavy atom. The van der Waals surface area contributed by atoms with E-state index < -0.39 is 0 Å². The van der Waals surface area contributed by atoms with Crippen LogP contribution in [-0.2, 0) is 10.2 Å². The first-order valence-corrected chi connectivity index (χ1v) is 10.9. The molecule has 2 N–H and O–H groups in total. The Hall–Kier alpha value is -2.41. The van der Waals surface area contributed by atoms with Crippen LogP contribution in [0.15, 0.2) is 47.2 Å². The number of carbonyl (C=O) groups excluding carboxylic acids is 2. The summed E-state index contributed by atoms with van der Waals surface area (Å²) >= 11 is 3.56. The van der Waals surface area contributed by atoms with Crippen LogP contribution in [0.3, 0.4) is 0 Å². The van der Waals surface area contributed by atoms with Gasteiger partial charge in [-0.3, -0.25) is 14.6 Å². The largest absolute Gasteiger partial charge is 0.492 e. The van der Waals surface area contributed by atoms with E-state index in [0.29, 0.717) is 44.5 Å². The topological polar surface area (TPSA) is 80.3 Å². The number of carbonyl (C=O) groups is 2. The van der Waals surface area contributed by atoms with Crippen LogP contribution in [0.5, 0.6) is 5.75 Å². The van der Waals surface area contributed by atoms with Crippen molar-refractivity contribution < 1.29 is 14.3 Å². The van der Waals surface area contributed by atoms with E-state index in [1.807, 2.05) is 6.07 Å². The second-order valence-corrected chi connectivity index (χ2v) is 8.90. The Kier molecular flexibility index (Phi) is 9.30. The molecule has 1 aromatic heterocycles. The van der Waals surface area contributed by atoms with Gasteiger partial charge in [-0.15, -0.1) is 0 Å². The first kappa shape index (κ1) is 23.9. The van der Waals surface area contributed by atoms with Crippen molar-refractivity contribution in [3.05, 3.63) is 58.3 Å². The highest BCUT2D eigenvalue weighted by Gasteiger charge is 2.15. The van der Waals surface area contributed by atoms with Crippen LogP contribution in [0.25, 0.3) is 0 Å². The predicted molar refractivity (Wildman–Crippen MR) is 122 cm³/mol. The molecule has 0 aliphatic carbocycles. The van der Waals surface area contributed by atoms with E-state index >= 15 is 0 Å². The lowest BCUT2D eigenvalue weighted by molar-refractivity contribution is -0.121. The summed E-state index contributed by atoms with van der Waals surface area (Å²) in [6.07, 6.45) is 4.85. The summed E-state index contributed by atoms with van der Waals surface area (Å²) in [6, 6.07) is 9.54. The molecule has 162 valence electrons. The lowest BCUT2D eigenvalue weighted by Crippen LogP contribution is -2.30. The molecule has 0 radical (unpaired) electrons. The van der Waals surface area contributed by atoms with Gasteiger partial charge in [-0.2, -0.15) is 0 Å². The Morgan fingerprint density at radius 3 is 2.53 bits per heavy atom. The Labute approximate surface area is 186 Å². The minimum Gasteiger partial charge on any atom is -0.492 e. The van der Waals surface area contributed by atoms with E-state index in [0.717, 1.165) is 10.2 Å². The number of benzene rings is 1. The lowest BCUT2D eigenvalue weighted by Gasteiger charge is -2.20. The van der Waals surface area contributed by atoms with Crippen molar-refractivity contribution >= 4 is 27.7 Å². The van der Waals surface area contributed by atoms with Gasteiger partial charge in [-0.25, -0.2) is 0 Å². The van der Waals surface area contributed by atoms with Crippen molar-refractivity contribution in [2.24, 2.45) is 0 Å². The fourth-order valence-electron chi connectivity index (χ4n) is 2.70. The van der Waals surface area contributed by atoms with Crippen molar-refractivity contribution in [1.29, 1.82) is 0 Å². The van der Waals surface area contributed by atoms with E-state index in [1.54, 1.807) is 18.3 Å². The quantitative estimate of drug-likeness (QED) is 0.503. The summed E-state index contributed by atoms with van der Waals surface area (Å²) in [6.45, 7) is 8.00. The molecule has 7 heteroatoms. The molecule has 2 aromatic rings. The van der Waals surface area contributed by atoms with Crippen LogP contribution < -0.4 is 15.4 Å². The molecule has 30 heavy (non-hydrogen) atoms. The zero-order valence-corrected chi connectivity index (χ0v) is 19.4. The number of halogens is 1. The molecule has 0 fully saturated rings. The van der Waals surface area contributed by atoms with Gasteiger partial charge in [0.15, 0.2) is 0 Å². The zero-order chi connectivity index (χ0) is 22.0. The van der Waals surface area contributed by atoms with Gasteiger partial charge in [0.05, 0.1) is 16.6 Å². The van der Waals surface area contributed by atoms with E-state index in [4.69, 9.17) is 4.74 Å². The number of ether oxygens (including phenoxy) is 1. The summed E-state index contributed by atoms with van der Waals surface area (Å²) in [5, 5.41) is 5.67. The van der Waals surface area contributed by atoms with Gasteiger partial charge in [-0.05, 0) is 64.0 Å². The van der Waals surface area contributed by atoms with Crippen molar-refractivity contribution in [2.45, 2.75) is 45.4 Å². The fourth-order valence-corrected chi connectivity index (χ4v) is 3.20. The molecule has 6 nitrogen and oxygen atoms in total. The average Bonchev–Trinajstić information content (AvgIpc) is 2.71. The number of aromatic nitrogens is 1. The Bertz CT molecular complexity index is 835. The Balaban J connectivity index is 1.57. The van der Waals surface area contributed by atoms with Crippen LogP contribution in [0, 0.1) is 0 Å². The summed E-state index contributed by atoms with van der Waals surface area (Å²) in [4.78, 5) is 27.7. The molecule has 1 heterocycles. The number of nitrogens with zero attached hydrogens (tertiary/aromatic N) is 1. The molecule has 0 atom stereocenters. The SMILES string of the molecule is CC(C)(C)c1ccc(OCCCC(=O)NCCCNC(=O)c2cccnc2)c(Br)c1. The predicted octanol–water partition coefficient (Wildman–Crippen LogP) is 4.24. The first-order valence-electron chi connectivity index (χ1n) is 10.1.